The minimum Gasteiger partial charge on any atom is -0.354 e. The highest BCUT2D eigenvalue weighted by molar-refractivity contribution is 7.92. The zero-order chi connectivity index (χ0) is 29.4. The Morgan fingerprint density at radius 1 is 0.950 bits per heavy atom. The number of hydrogen-bond acceptors (Lipinski definition) is 4. The van der Waals surface area contributed by atoms with E-state index in [0.29, 0.717) is 17.8 Å². The molecule has 3 aromatic rings. The van der Waals surface area contributed by atoms with Gasteiger partial charge in [-0.05, 0) is 69.5 Å². The summed E-state index contributed by atoms with van der Waals surface area (Å²) >= 11 is 0. The molecule has 0 saturated heterocycles. The molecule has 1 N–H and O–H groups in total. The van der Waals surface area contributed by atoms with Crippen molar-refractivity contribution in [2.75, 3.05) is 17.4 Å². The predicted molar refractivity (Wildman–Crippen MR) is 156 cm³/mol. The second-order valence-corrected chi connectivity index (χ2v) is 11.8. The molecule has 3 aromatic carbocycles. The summed E-state index contributed by atoms with van der Waals surface area (Å²) in [5.41, 5.74) is 3.05. The van der Waals surface area contributed by atoms with Crippen molar-refractivity contribution in [2.45, 2.75) is 64.9 Å². The number of nitrogens with zero attached hydrogens (tertiary/aromatic N) is 2. The molecule has 0 unspecified atom stereocenters. The number of carbonyl (C=O) groups excluding carboxylic acids is 2. The van der Waals surface area contributed by atoms with E-state index in [1.165, 1.54) is 23.1 Å². The van der Waals surface area contributed by atoms with Crippen LogP contribution in [0.2, 0.25) is 0 Å². The van der Waals surface area contributed by atoms with E-state index in [9.17, 15) is 22.4 Å². The number of unbranched alkanes of at least 4 members (excludes halogenated alkanes) is 1. The molecule has 0 aliphatic heterocycles. The van der Waals surface area contributed by atoms with Gasteiger partial charge in [-0.15, -0.1) is 0 Å². The number of halogens is 1. The predicted octanol–water partition coefficient (Wildman–Crippen LogP) is 5.28. The Kier molecular flexibility index (Phi) is 10.5. The van der Waals surface area contributed by atoms with Crippen LogP contribution in [-0.4, -0.2) is 44.3 Å². The van der Waals surface area contributed by atoms with Crippen LogP contribution in [-0.2, 0) is 26.2 Å². The van der Waals surface area contributed by atoms with Crippen molar-refractivity contribution in [1.82, 2.24) is 10.2 Å². The second-order valence-electron chi connectivity index (χ2n) is 9.98. The first-order valence-electron chi connectivity index (χ1n) is 13.4. The van der Waals surface area contributed by atoms with Crippen LogP contribution in [0, 0.1) is 26.6 Å². The van der Waals surface area contributed by atoms with Crippen LogP contribution in [0.15, 0.2) is 71.6 Å². The zero-order valence-electron chi connectivity index (χ0n) is 23.8. The minimum atomic E-state index is -4.17. The van der Waals surface area contributed by atoms with Crippen molar-refractivity contribution in [3.05, 3.63) is 94.8 Å². The van der Waals surface area contributed by atoms with Crippen LogP contribution in [0.1, 0.15) is 48.9 Å². The standard InChI is InChI=1S/C31H38FN3O4S/c1-6-7-19-33-31(37)25(5)34(20-26-12-8-9-13-28(26)32)30(36)21-35(29-14-10-11-23(3)24(29)4)40(38,39)27-17-15-22(2)16-18-27/h8-18,25H,6-7,19-21H2,1-5H3,(H,33,37)/t25-/m1/s1. The molecule has 0 radical (unpaired) electrons. The fraction of sp³-hybridized carbons (Fsp3) is 0.355. The van der Waals surface area contributed by atoms with Crippen molar-refractivity contribution in [2.24, 2.45) is 0 Å². The van der Waals surface area contributed by atoms with E-state index >= 15 is 0 Å². The molecule has 0 fully saturated rings. The fourth-order valence-corrected chi connectivity index (χ4v) is 5.76. The first kappa shape index (κ1) is 30.8. The van der Waals surface area contributed by atoms with Crippen LogP contribution in [0.4, 0.5) is 10.1 Å². The van der Waals surface area contributed by atoms with Crippen molar-refractivity contribution in [1.29, 1.82) is 0 Å². The summed E-state index contributed by atoms with van der Waals surface area (Å²) in [6, 6.07) is 16.7. The van der Waals surface area contributed by atoms with E-state index in [0.717, 1.165) is 28.3 Å². The average Bonchev–Trinajstić information content (AvgIpc) is 2.92. The van der Waals surface area contributed by atoms with Gasteiger partial charge < -0.3 is 10.2 Å². The molecule has 3 rings (SSSR count). The maximum Gasteiger partial charge on any atom is 0.264 e. The smallest absolute Gasteiger partial charge is 0.264 e. The lowest BCUT2D eigenvalue weighted by molar-refractivity contribution is -0.139. The molecule has 214 valence electrons. The molecule has 2 amide bonds. The Morgan fingerprint density at radius 2 is 1.62 bits per heavy atom. The first-order valence-corrected chi connectivity index (χ1v) is 14.9. The van der Waals surface area contributed by atoms with E-state index < -0.39 is 40.2 Å². The number of nitrogens with one attached hydrogen (secondary N) is 1. The van der Waals surface area contributed by atoms with Crippen LogP contribution in [0.3, 0.4) is 0 Å². The fourth-order valence-electron chi connectivity index (χ4n) is 4.29. The van der Waals surface area contributed by atoms with Gasteiger partial charge in [-0.25, -0.2) is 12.8 Å². The summed E-state index contributed by atoms with van der Waals surface area (Å²) in [6.45, 7) is 8.77. The summed E-state index contributed by atoms with van der Waals surface area (Å²) < 4.78 is 43.7. The normalized spacial score (nSPS) is 12.1. The topological polar surface area (TPSA) is 86.8 Å². The van der Waals surface area contributed by atoms with E-state index in [1.807, 2.05) is 26.8 Å². The summed E-state index contributed by atoms with van der Waals surface area (Å²) in [6.07, 6.45) is 1.66. The SMILES string of the molecule is CCCCNC(=O)[C@@H](C)N(Cc1ccccc1F)C(=O)CN(c1cccc(C)c1C)S(=O)(=O)c1ccc(C)cc1. The Hall–Kier alpha value is -3.72. The molecule has 40 heavy (non-hydrogen) atoms. The molecular formula is C31H38FN3O4S. The highest BCUT2D eigenvalue weighted by Gasteiger charge is 2.33. The third-order valence-corrected chi connectivity index (χ3v) is 8.80. The van der Waals surface area contributed by atoms with E-state index in [4.69, 9.17) is 0 Å². The van der Waals surface area contributed by atoms with Gasteiger partial charge >= 0.3 is 0 Å². The molecule has 0 aliphatic rings. The van der Waals surface area contributed by atoms with E-state index in [1.54, 1.807) is 56.3 Å². The molecule has 0 heterocycles. The summed E-state index contributed by atoms with van der Waals surface area (Å²) in [5, 5.41) is 2.82. The van der Waals surface area contributed by atoms with Gasteiger partial charge in [-0.3, -0.25) is 13.9 Å². The quantitative estimate of drug-likeness (QED) is 0.302. The van der Waals surface area contributed by atoms with Crippen molar-refractivity contribution in [3.63, 3.8) is 0 Å². The molecule has 0 spiro atoms. The Labute approximate surface area is 237 Å². The molecule has 0 saturated carbocycles. The Bertz CT molecular complexity index is 1440. The number of sulfonamides is 1. The third kappa shape index (κ3) is 7.27. The van der Waals surface area contributed by atoms with Gasteiger partial charge in [0.25, 0.3) is 10.0 Å². The highest BCUT2D eigenvalue weighted by atomic mass is 32.2. The molecule has 0 aliphatic carbocycles. The third-order valence-electron chi connectivity index (χ3n) is 7.03. The van der Waals surface area contributed by atoms with Crippen molar-refractivity contribution >= 4 is 27.5 Å². The number of hydrogen-bond donors (Lipinski definition) is 1. The summed E-state index contributed by atoms with van der Waals surface area (Å²) in [4.78, 5) is 28.3. The number of amides is 2. The molecule has 0 bridgehead atoms. The highest BCUT2D eigenvalue weighted by Crippen LogP contribution is 2.29. The molecule has 7 nitrogen and oxygen atoms in total. The van der Waals surface area contributed by atoms with E-state index in [-0.39, 0.29) is 17.0 Å². The van der Waals surface area contributed by atoms with Gasteiger partial charge in [-0.2, -0.15) is 0 Å². The zero-order valence-corrected chi connectivity index (χ0v) is 24.6. The minimum absolute atomic E-state index is 0.0396. The van der Waals surface area contributed by atoms with Gasteiger partial charge in [0.15, 0.2) is 0 Å². The van der Waals surface area contributed by atoms with Gasteiger partial charge in [-0.1, -0.05) is 61.4 Å². The largest absolute Gasteiger partial charge is 0.354 e. The second kappa shape index (κ2) is 13.6. The number of anilines is 1. The molecule has 9 heteroatoms. The number of rotatable bonds is 12. The number of aryl methyl sites for hydroxylation is 2. The van der Waals surface area contributed by atoms with Crippen LogP contribution < -0.4 is 9.62 Å². The first-order chi connectivity index (χ1) is 19.0. The number of carbonyl (C=O) groups is 2. The Balaban J connectivity index is 2.05. The molecule has 1 atom stereocenters. The van der Waals surface area contributed by atoms with Crippen LogP contribution in [0.25, 0.3) is 0 Å². The van der Waals surface area contributed by atoms with Gasteiger partial charge in [0, 0.05) is 18.7 Å². The van der Waals surface area contributed by atoms with Crippen molar-refractivity contribution in [3.8, 4) is 0 Å². The molecule has 0 aromatic heterocycles. The van der Waals surface area contributed by atoms with Crippen molar-refractivity contribution < 1.29 is 22.4 Å². The maximum atomic E-state index is 14.6. The monoisotopic (exact) mass is 567 g/mol. The van der Waals surface area contributed by atoms with Gasteiger partial charge in [0.2, 0.25) is 11.8 Å². The van der Waals surface area contributed by atoms with E-state index in [2.05, 4.69) is 5.32 Å². The van der Waals surface area contributed by atoms with Crippen LogP contribution in [0.5, 0.6) is 0 Å². The number of benzene rings is 3. The van der Waals surface area contributed by atoms with Crippen LogP contribution >= 0.6 is 0 Å². The lowest BCUT2D eigenvalue weighted by Crippen LogP contribution is -2.51. The summed E-state index contributed by atoms with van der Waals surface area (Å²) in [7, 11) is -4.17. The maximum absolute atomic E-state index is 14.6. The summed E-state index contributed by atoms with van der Waals surface area (Å²) in [5.74, 6) is -1.53. The van der Waals surface area contributed by atoms with Gasteiger partial charge in [0.05, 0.1) is 10.6 Å². The lowest BCUT2D eigenvalue weighted by atomic mass is 10.1. The average molecular weight is 568 g/mol. The van der Waals surface area contributed by atoms with Gasteiger partial charge in [0.1, 0.15) is 18.4 Å². The lowest BCUT2D eigenvalue weighted by Gasteiger charge is -2.32. The molecular weight excluding hydrogens is 529 g/mol. The Morgan fingerprint density at radius 3 is 2.27 bits per heavy atom.